The van der Waals surface area contributed by atoms with Gasteiger partial charge in [-0.25, -0.2) is 4.98 Å². The topological polar surface area (TPSA) is 117 Å². The fourth-order valence-electron chi connectivity index (χ4n) is 2.37. The maximum absolute atomic E-state index is 9.60. The zero-order valence-electron chi connectivity index (χ0n) is 13.7. The molecule has 25 heavy (non-hydrogen) atoms. The molecular weight excluding hydrogens is 324 g/mol. The highest BCUT2D eigenvalue weighted by Crippen LogP contribution is 2.23. The molecule has 3 aromatic rings. The maximum atomic E-state index is 9.60. The van der Waals surface area contributed by atoms with Gasteiger partial charge in [0.15, 0.2) is 0 Å². The van der Waals surface area contributed by atoms with Gasteiger partial charge in [-0.05, 0) is 31.2 Å². The van der Waals surface area contributed by atoms with Gasteiger partial charge in [-0.15, -0.1) is 0 Å². The Labute approximate surface area is 144 Å². The number of rotatable bonds is 8. The molecule has 132 valence electrons. The van der Waals surface area contributed by atoms with Crippen LogP contribution in [0.25, 0.3) is 0 Å². The first-order valence-electron chi connectivity index (χ1n) is 7.86. The van der Waals surface area contributed by atoms with Crippen LogP contribution in [0.3, 0.4) is 0 Å². The first-order valence-corrected chi connectivity index (χ1v) is 7.86. The van der Waals surface area contributed by atoms with Crippen LogP contribution in [0.1, 0.15) is 29.2 Å². The summed E-state index contributed by atoms with van der Waals surface area (Å²) in [6.07, 6.45) is 4.75. The molecule has 4 N–H and O–H groups in total. The largest absolute Gasteiger partial charge is 0.467 e. The molecule has 0 aliphatic heterocycles. The number of aliphatic hydroxyl groups excluding tert-OH is 2. The first kappa shape index (κ1) is 17.0. The third-order valence-corrected chi connectivity index (χ3v) is 3.72. The molecule has 0 bridgehead atoms. The number of aryl methyl sites for hydroxylation is 1. The summed E-state index contributed by atoms with van der Waals surface area (Å²) in [4.78, 5) is 8.66. The van der Waals surface area contributed by atoms with Crippen molar-refractivity contribution in [3.8, 4) is 0 Å². The summed E-state index contributed by atoms with van der Waals surface area (Å²) >= 11 is 0. The normalized spacial score (nSPS) is 13.4. The molecule has 0 saturated heterocycles. The average Bonchev–Trinajstić information content (AvgIpc) is 3.33. The fraction of sp³-hybridized carbons (Fsp3) is 0.294. The Hall–Kier alpha value is -2.84. The lowest BCUT2D eigenvalue weighted by Gasteiger charge is -2.18. The van der Waals surface area contributed by atoms with Crippen molar-refractivity contribution in [1.82, 2.24) is 9.97 Å². The van der Waals surface area contributed by atoms with Gasteiger partial charge in [0, 0.05) is 11.8 Å². The van der Waals surface area contributed by atoms with Gasteiger partial charge in [0.25, 0.3) is 0 Å². The smallest absolute Gasteiger partial charge is 0.225 e. The van der Waals surface area contributed by atoms with Crippen LogP contribution in [0.5, 0.6) is 0 Å². The Kier molecular flexibility index (Phi) is 5.32. The zero-order valence-corrected chi connectivity index (χ0v) is 13.7. The van der Waals surface area contributed by atoms with Crippen LogP contribution >= 0.6 is 0 Å². The minimum Gasteiger partial charge on any atom is -0.467 e. The van der Waals surface area contributed by atoms with Crippen molar-refractivity contribution in [3.05, 3.63) is 60.1 Å². The van der Waals surface area contributed by atoms with Crippen LogP contribution in [0.2, 0.25) is 0 Å². The minimum atomic E-state index is -0.454. The highest BCUT2D eigenvalue weighted by Gasteiger charge is 2.18. The molecule has 0 aliphatic carbocycles. The summed E-state index contributed by atoms with van der Waals surface area (Å²) < 4.78 is 10.6. The number of aromatic nitrogens is 2. The van der Waals surface area contributed by atoms with Crippen molar-refractivity contribution in [3.63, 3.8) is 0 Å². The highest BCUT2D eigenvalue weighted by molar-refractivity contribution is 5.48. The van der Waals surface area contributed by atoms with Crippen molar-refractivity contribution in [2.75, 3.05) is 23.8 Å². The van der Waals surface area contributed by atoms with E-state index in [1.54, 1.807) is 36.7 Å². The number of furan rings is 2. The molecule has 2 atom stereocenters. The summed E-state index contributed by atoms with van der Waals surface area (Å²) in [5.74, 6) is 2.09. The van der Waals surface area contributed by atoms with E-state index in [-0.39, 0.29) is 13.2 Å². The van der Waals surface area contributed by atoms with E-state index in [2.05, 4.69) is 20.6 Å². The average molecular weight is 344 g/mol. The number of nitrogens with one attached hydrogen (secondary N) is 2. The van der Waals surface area contributed by atoms with E-state index in [9.17, 15) is 10.2 Å². The van der Waals surface area contributed by atoms with Gasteiger partial charge in [-0.3, -0.25) is 0 Å². The number of aliphatic hydroxyl groups is 2. The van der Waals surface area contributed by atoms with Gasteiger partial charge in [-0.1, -0.05) is 0 Å². The van der Waals surface area contributed by atoms with E-state index in [0.29, 0.717) is 23.3 Å². The molecule has 0 amide bonds. The molecule has 2 unspecified atom stereocenters. The lowest BCUT2D eigenvalue weighted by Crippen LogP contribution is -2.19. The van der Waals surface area contributed by atoms with Crippen LogP contribution in [0, 0.1) is 6.92 Å². The molecule has 0 radical (unpaired) electrons. The van der Waals surface area contributed by atoms with Crippen molar-refractivity contribution in [1.29, 1.82) is 0 Å². The van der Waals surface area contributed by atoms with E-state index in [0.717, 1.165) is 5.56 Å². The molecule has 3 heterocycles. The fourth-order valence-corrected chi connectivity index (χ4v) is 2.37. The van der Waals surface area contributed by atoms with Crippen LogP contribution in [0.15, 0.2) is 51.8 Å². The highest BCUT2D eigenvalue weighted by atomic mass is 16.3. The summed E-state index contributed by atoms with van der Waals surface area (Å²) in [5.41, 5.74) is 0.814. The molecule has 8 heteroatoms. The van der Waals surface area contributed by atoms with Crippen LogP contribution in [0.4, 0.5) is 11.8 Å². The molecular formula is C17H20N4O4. The van der Waals surface area contributed by atoms with Crippen molar-refractivity contribution in [2.24, 2.45) is 0 Å². The molecule has 0 aliphatic rings. The van der Waals surface area contributed by atoms with Gasteiger partial charge in [-0.2, -0.15) is 4.98 Å². The Morgan fingerprint density at radius 1 is 1.00 bits per heavy atom. The zero-order chi connectivity index (χ0) is 17.6. The predicted octanol–water partition coefficient (Wildman–Crippen LogP) is 2.26. The molecule has 0 aromatic carbocycles. The summed E-state index contributed by atoms with van der Waals surface area (Å²) in [6.45, 7) is 1.54. The standard InChI is InChI=1S/C17H20N4O4/c1-11-8-18-17(20-13(10-23)15-5-3-7-25-15)21-16(11)19-12(9-22)14-4-2-6-24-14/h2-8,12-13,22-23H,9-10H2,1H3,(H2,18,19,20,21). The second-order valence-corrected chi connectivity index (χ2v) is 5.52. The number of nitrogens with zero attached hydrogens (tertiary/aromatic N) is 2. The number of hydrogen-bond acceptors (Lipinski definition) is 8. The summed E-state index contributed by atoms with van der Waals surface area (Å²) in [7, 11) is 0. The van der Waals surface area contributed by atoms with E-state index in [4.69, 9.17) is 8.83 Å². The molecule has 0 spiro atoms. The van der Waals surface area contributed by atoms with Gasteiger partial charge in [0.05, 0.1) is 25.7 Å². The molecule has 0 saturated carbocycles. The molecule has 3 rings (SSSR count). The number of hydrogen-bond donors (Lipinski definition) is 4. The summed E-state index contributed by atoms with van der Waals surface area (Å²) in [6, 6.07) is 6.17. The van der Waals surface area contributed by atoms with Gasteiger partial charge >= 0.3 is 0 Å². The number of anilines is 2. The summed E-state index contributed by atoms with van der Waals surface area (Å²) in [5, 5.41) is 25.3. The Balaban J connectivity index is 1.78. The van der Waals surface area contributed by atoms with Crippen LogP contribution < -0.4 is 10.6 Å². The van der Waals surface area contributed by atoms with E-state index < -0.39 is 12.1 Å². The van der Waals surface area contributed by atoms with Gasteiger partial charge < -0.3 is 29.7 Å². The van der Waals surface area contributed by atoms with Crippen molar-refractivity contribution < 1.29 is 19.0 Å². The molecule has 0 fully saturated rings. The Morgan fingerprint density at radius 2 is 1.60 bits per heavy atom. The minimum absolute atomic E-state index is 0.147. The van der Waals surface area contributed by atoms with Crippen LogP contribution in [-0.4, -0.2) is 33.4 Å². The van der Waals surface area contributed by atoms with Crippen molar-refractivity contribution >= 4 is 11.8 Å². The monoisotopic (exact) mass is 344 g/mol. The van der Waals surface area contributed by atoms with Gasteiger partial charge in [0.1, 0.15) is 29.4 Å². The molecule has 8 nitrogen and oxygen atoms in total. The maximum Gasteiger partial charge on any atom is 0.225 e. The molecule has 3 aromatic heterocycles. The lowest BCUT2D eigenvalue weighted by molar-refractivity contribution is 0.260. The van der Waals surface area contributed by atoms with E-state index >= 15 is 0 Å². The third kappa shape index (κ3) is 3.98. The Morgan fingerprint density at radius 3 is 2.12 bits per heavy atom. The second kappa shape index (κ2) is 7.82. The van der Waals surface area contributed by atoms with Crippen molar-refractivity contribution in [2.45, 2.75) is 19.0 Å². The van der Waals surface area contributed by atoms with Gasteiger partial charge in [0.2, 0.25) is 5.95 Å². The quantitative estimate of drug-likeness (QED) is 0.492. The Bertz CT molecular complexity index is 774. The predicted molar refractivity (Wildman–Crippen MR) is 91.1 cm³/mol. The third-order valence-electron chi connectivity index (χ3n) is 3.72. The lowest BCUT2D eigenvalue weighted by atomic mass is 10.2. The van der Waals surface area contributed by atoms with E-state index in [1.807, 2.05) is 6.92 Å². The van der Waals surface area contributed by atoms with Crippen LogP contribution in [-0.2, 0) is 0 Å². The second-order valence-electron chi connectivity index (χ2n) is 5.52. The SMILES string of the molecule is Cc1cnc(NC(CO)c2ccco2)nc1NC(CO)c1ccco1. The first-order chi connectivity index (χ1) is 12.2. The van der Waals surface area contributed by atoms with E-state index in [1.165, 1.54) is 6.26 Å².